The van der Waals surface area contributed by atoms with Crippen LogP contribution >= 0.6 is 15.9 Å². The molecule has 0 heterocycles. The highest BCUT2D eigenvalue weighted by atomic mass is 79.9. The standard InChI is InChI=1S/C16H14BrN3O6/c1-25-15-7-11(17)2-5-14(15)26-9-16(22)19-18-8-10-6-12(20(23)24)3-4-13(10)21/h2-8,21H,9H2,1H3,(H,19,22)/b18-8+. The Kier molecular flexibility index (Phi) is 6.50. The Bertz CT molecular complexity index is 856. The SMILES string of the molecule is COc1cc(Br)ccc1OCC(=O)N/N=C/c1cc([N+](=O)[O-])ccc1O. The molecule has 2 aromatic carbocycles. The second-order valence-corrected chi connectivity index (χ2v) is 5.79. The highest BCUT2D eigenvalue weighted by Crippen LogP contribution is 2.30. The molecule has 0 unspecified atom stereocenters. The first-order valence-corrected chi connectivity index (χ1v) is 7.95. The van der Waals surface area contributed by atoms with Gasteiger partial charge < -0.3 is 14.6 Å². The summed E-state index contributed by atoms with van der Waals surface area (Å²) in [4.78, 5) is 21.9. The Labute approximate surface area is 156 Å². The summed E-state index contributed by atoms with van der Waals surface area (Å²) in [5, 5.41) is 24.0. The molecule has 0 radical (unpaired) electrons. The molecular formula is C16H14BrN3O6. The number of amides is 1. The van der Waals surface area contributed by atoms with Crippen LogP contribution in [0.25, 0.3) is 0 Å². The predicted molar refractivity (Wildman–Crippen MR) is 96.7 cm³/mol. The highest BCUT2D eigenvalue weighted by Gasteiger charge is 2.10. The van der Waals surface area contributed by atoms with Gasteiger partial charge in [0.15, 0.2) is 18.1 Å². The van der Waals surface area contributed by atoms with E-state index in [4.69, 9.17) is 9.47 Å². The van der Waals surface area contributed by atoms with Gasteiger partial charge in [-0.2, -0.15) is 5.10 Å². The van der Waals surface area contributed by atoms with Gasteiger partial charge in [0, 0.05) is 22.2 Å². The monoisotopic (exact) mass is 423 g/mol. The second kappa shape index (κ2) is 8.81. The summed E-state index contributed by atoms with van der Waals surface area (Å²) in [5.74, 6) is 0.0731. The van der Waals surface area contributed by atoms with Gasteiger partial charge in [-0.05, 0) is 24.3 Å². The molecule has 0 aromatic heterocycles. The Morgan fingerprint density at radius 3 is 2.81 bits per heavy atom. The lowest BCUT2D eigenvalue weighted by Crippen LogP contribution is -2.24. The molecule has 0 spiro atoms. The van der Waals surface area contributed by atoms with Crippen LogP contribution in [-0.2, 0) is 4.79 Å². The van der Waals surface area contributed by atoms with Crippen LogP contribution in [0.3, 0.4) is 0 Å². The zero-order valence-electron chi connectivity index (χ0n) is 13.5. The number of hydrogen-bond acceptors (Lipinski definition) is 7. The fourth-order valence-corrected chi connectivity index (χ4v) is 2.21. The van der Waals surface area contributed by atoms with Crippen molar-refractivity contribution in [1.29, 1.82) is 0 Å². The summed E-state index contributed by atoms with van der Waals surface area (Å²) >= 11 is 3.30. The minimum Gasteiger partial charge on any atom is -0.507 e. The molecule has 2 rings (SSSR count). The number of rotatable bonds is 7. The van der Waals surface area contributed by atoms with E-state index >= 15 is 0 Å². The molecule has 0 bridgehead atoms. The zero-order chi connectivity index (χ0) is 19.1. The number of methoxy groups -OCH3 is 1. The zero-order valence-corrected chi connectivity index (χ0v) is 15.1. The van der Waals surface area contributed by atoms with Crippen molar-refractivity contribution in [2.45, 2.75) is 0 Å². The van der Waals surface area contributed by atoms with Gasteiger partial charge in [-0.25, -0.2) is 5.43 Å². The van der Waals surface area contributed by atoms with Crippen LogP contribution in [0.5, 0.6) is 17.2 Å². The molecule has 0 aliphatic rings. The number of phenols is 1. The van der Waals surface area contributed by atoms with Gasteiger partial charge in [0.1, 0.15) is 5.75 Å². The molecule has 0 fully saturated rings. The number of halogens is 1. The number of non-ortho nitro benzene ring substituents is 1. The first-order chi connectivity index (χ1) is 12.4. The molecule has 9 nitrogen and oxygen atoms in total. The Hall–Kier alpha value is -3.14. The minimum absolute atomic E-state index is 0.0926. The van der Waals surface area contributed by atoms with Crippen molar-refractivity contribution >= 4 is 33.7 Å². The maximum absolute atomic E-state index is 11.8. The van der Waals surface area contributed by atoms with Crippen molar-refractivity contribution in [2.75, 3.05) is 13.7 Å². The number of hydrazone groups is 1. The summed E-state index contributed by atoms with van der Waals surface area (Å²) in [6, 6.07) is 8.53. The Balaban J connectivity index is 1.94. The fourth-order valence-electron chi connectivity index (χ4n) is 1.87. The largest absolute Gasteiger partial charge is 0.507 e. The number of carbonyl (C=O) groups excluding carboxylic acids is 1. The van der Waals surface area contributed by atoms with Crippen LogP contribution in [0.4, 0.5) is 5.69 Å². The van der Waals surface area contributed by atoms with E-state index in [1.807, 2.05) is 0 Å². The summed E-state index contributed by atoms with van der Waals surface area (Å²) < 4.78 is 11.3. The third kappa shape index (κ3) is 5.18. The molecule has 2 aromatic rings. The van der Waals surface area contributed by atoms with Crippen molar-refractivity contribution in [3.63, 3.8) is 0 Å². The third-order valence-corrected chi connectivity index (χ3v) is 3.59. The van der Waals surface area contributed by atoms with E-state index in [0.29, 0.717) is 11.5 Å². The predicted octanol–water partition coefficient (Wildman–Crippen LogP) is 2.60. The fraction of sp³-hybridized carbons (Fsp3) is 0.125. The molecule has 0 aliphatic heterocycles. The lowest BCUT2D eigenvalue weighted by molar-refractivity contribution is -0.384. The number of nitrogens with one attached hydrogen (secondary N) is 1. The van der Waals surface area contributed by atoms with Gasteiger partial charge in [-0.15, -0.1) is 0 Å². The van der Waals surface area contributed by atoms with Gasteiger partial charge in [0.05, 0.1) is 18.2 Å². The molecule has 26 heavy (non-hydrogen) atoms. The summed E-state index contributed by atoms with van der Waals surface area (Å²) in [7, 11) is 1.48. The van der Waals surface area contributed by atoms with Gasteiger partial charge in [0.25, 0.3) is 11.6 Å². The van der Waals surface area contributed by atoms with E-state index in [9.17, 15) is 20.0 Å². The number of benzene rings is 2. The van der Waals surface area contributed by atoms with Crippen molar-refractivity contribution < 1.29 is 24.3 Å². The average molecular weight is 424 g/mol. The quantitative estimate of drug-likeness (QED) is 0.400. The lowest BCUT2D eigenvalue weighted by Gasteiger charge is -2.10. The number of ether oxygens (including phenoxy) is 2. The lowest BCUT2D eigenvalue weighted by atomic mass is 10.2. The van der Waals surface area contributed by atoms with Crippen LogP contribution in [0.2, 0.25) is 0 Å². The van der Waals surface area contributed by atoms with Crippen LogP contribution < -0.4 is 14.9 Å². The summed E-state index contributed by atoms with van der Waals surface area (Å²) in [6.07, 6.45) is 1.10. The number of hydrogen-bond donors (Lipinski definition) is 2. The third-order valence-electron chi connectivity index (χ3n) is 3.10. The first-order valence-electron chi connectivity index (χ1n) is 7.16. The van der Waals surface area contributed by atoms with E-state index in [0.717, 1.165) is 22.8 Å². The summed E-state index contributed by atoms with van der Waals surface area (Å²) in [6.45, 7) is -0.323. The van der Waals surface area contributed by atoms with Crippen LogP contribution in [-0.4, -0.2) is 35.9 Å². The van der Waals surface area contributed by atoms with E-state index < -0.39 is 10.8 Å². The summed E-state index contributed by atoms with van der Waals surface area (Å²) in [5.41, 5.74) is 2.09. The molecule has 0 atom stereocenters. The molecular weight excluding hydrogens is 410 g/mol. The van der Waals surface area contributed by atoms with Gasteiger partial charge in [-0.1, -0.05) is 15.9 Å². The molecule has 1 amide bonds. The van der Waals surface area contributed by atoms with Crippen molar-refractivity contribution in [3.8, 4) is 17.2 Å². The molecule has 136 valence electrons. The molecule has 0 saturated heterocycles. The number of phenolic OH excluding ortho intramolecular Hbond substituents is 1. The van der Waals surface area contributed by atoms with E-state index in [1.54, 1.807) is 18.2 Å². The molecule has 0 aliphatic carbocycles. The van der Waals surface area contributed by atoms with Gasteiger partial charge in [0.2, 0.25) is 0 Å². The van der Waals surface area contributed by atoms with Crippen LogP contribution in [0.1, 0.15) is 5.56 Å². The average Bonchev–Trinajstić information content (AvgIpc) is 2.61. The van der Waals surface area contributed by atoms with Crippen molar-refractivity contribution in [1.82, 2.24) is 5.43 Å². The van der Waals surface area contributed by atoms with E-state index in [-0.39, 0.29) is 23.6 Å². The number of nitro benzene ring substituents is 1. The molecule has 2 N–H and O–H groups in total. The normalized spacial score (nSPS) is 10.5. The highest BCUT2D eigenvalue weighted by molar-refractivity contribution is 9.10. The van der Waals surface area contributed by atoms with E-state index in [2.05, 4.69) is 26.5 Å². The van der Waals surface area contributed by atoms with E-state index in [1.165, 1.54) is 13.2 Å². The van der Waals surface area contributed by atoms with Crippen molar-refractivity contribution in [2.24, 2.45) is 5.10 Å². The Morgan fingerprint density at radius 1 is 1.35 bits per heavy atom. The van der Waals surface area contributed by atoms with Crippen LogP contribution in [0, 0.1) is 10.1 Å². The number of nitro groups is 1. The first kappa shape index (κ1) is 19.2. The minimum atomic E-state index is -0.602. The maximum Gasteiger partial charge on any atom is 0.277 e. The molecule has 0 saturated carbocycles. The van der Waals surface area contributed by atoms with Gasteiger partial charge in [-0.3, -0.25) is 14.9 Å². The second-order valence-electron chi connectivity index (χ2n) is 4.88. The number of carbonyl (C=O) groups is 1. The maximum atomic E-state index is 11.8. The Morgan fingerprint density at radius 2 is 2.12 bits per heavy atom. The molecule has 10 heteroatoms. The smallest absolute Gasteiger partial charge is 0.277 e. The van der Waals surface area contributed by atoms with Crippen LogP contribution in [0.15, 0.2) is 46.0 Å². The topological polar surface area (TPSA) is 123 Å². The van der Waals surface area contributed by atoms with Crippen molar-refractivity contribution in [3.05, 3.63) is 56.5 Å². The number of nitrogens with zero attached hydrogens (tertiary/aromatic N) is 2. The number of aromatic hydroxyl groups is 1. The van der Waals surface area contributed by atoms with Gasteiger partial charge >= 0.3 is 0 Å².